The van der Waals surface area contributed by atoms with Gasteiger partial charge in [-0.2, -0.15) is 8.78 Å². The van der Waals surface area contributed by atoms with Gasteiger partial charge < -0.3 is 14.2 Å². The fourth-order valence-corrected chi connectivity index (χ4v) is 1.68. The number of pyridine rings is 1. The van der Waals surface area contributed by atoms with Crippen LogP contribution in [0.2, 0.25) is 0 Å². The number of alkyl halides is 2. The first-order valence-electron chi connectivity index (χ1n) is 5.81. The van der Waals surface area contributed by atoms with Crippen LogP contribution in [0.4, 0.5) is 8.78 Å². The molecule has 0 amide bonds. The van der Waals surface area contributed by atoms with Crippen LogP contribution in [0.15, 0.2) is 30.3 Å². The molecule has 100 valence electrons. The van der Waals surface area contributed by atoms with Crippen LogP contribution in [0.3, 0.4) is 0 Å². The Labute approximate surface area is 107 Å². The molecule has 6 heteroatoms. The fourth-order valence-electron chi connectivity index (χ4n) is 1.68. The van der Waals surface area contributed by atoms with Crippen molar-refractivity contribution in [3.8, 4) is 11.6 Å². The zero-order chi connectivity index (χ0) is 13.2. The number of aromatic nitrogens is 1. The molecule has 0 aliphatic carbocycles. The van der Waals surface area contributed by atoms with E-state index in [0.717, 1.165) is 12.0 Å². The number of halogens is 2. The molecule has 0 bridgehead atoms. The van der Waals surface area contributed by atoms with Crippen molar-refractivity contribution in [3.05, 3.63) is 30.3 Å². The molecule has 1 unspecified atom stereocenters. The molecule has 0 N–H and O–H groups in total. The first kappa shape index (κ1) is 12.1. The molecule has 4 nitrogen and oxygen atoms in total. The summed E-state index contributed by atoms with van der Waals surface area (Å²) in [6, 6.07) is 8.40. The highest BCUT2D eigenvalue weighted by molar-refractivity contribution is 5.80. The summed E-state index contributed by atoms with van der Waals surface area (Å²) in [5.41, 5.74) is 0.548. The van der Waals surface area contributed by atoms with Crippen LogP contribution in [0.1, 0.15) is 0 Å². The van der Waals surface area contributed by atoms with Gasteiger partial charge in [-0.1, -0.05) is 0 Å². The fraction of sp³-hybridized carbons (Fsp3) is 0.308. The van der Waals surface area contributed by atoms with Gasteiger partial charge in [-0.3, -0.25) is 0 Å². The van der Waals surface area contributed by atoms with E-state index >= 15 is 0 Å². The van der Waals surface area contributed by atoms with Gasteiger partial charge in [0.1, 0.15) is 18.5 Å². The van der Waals surface area contributed by atoms with E-state index in [-0.39, 0.29) is 12.0 Å². The zero-order valence-corrected chi connectivity index (χ0v) is 9.88. The largest absolute Gasteiger partial charge is 0.491 e. The van der Waals surface area contributed by atoms with Gasteiger partial charge in [-0.15, -0.1) is 0 Å². The molecule has 1 aliphatic heterocycles. The third-order valence-corrected chi connectivity index (χ3v) is 2.69. The summed E-state index contributed by atoms with van der Waals surface area (Å²) in [5.74, 6) is 0.523. The van der Waals surface area contributed by atoms with Gasteiger partial charge in [0, 0.05) is 17.5 Å². The number of ether oxygens (including phenoxy) is 3. The van der Waals surface area contributed by atoms with Gasteiger partial charge in [-0.25, -0.2) is 4.98 Å². The van der Waals surface area contributed by atoms with Crippen molar-refractivity contribution in [1.82, 2.24) is 4.98 Å². The summed E-state index contributed by atoms with van der Waals surface area (Å²) in [6.45, 7) is -1.67. The monoisotopic (exact) mass is 267 g/mol. The van der Waals surface area contributed by atoms with Gasteiger partial charge in [0.15, 0.2) is 0 Å². The van der Waals surface area contributed by atoms with Gasteiger partial charge in [-0.05, 0) is 18.2 Å². The second-order valence-corrected chi connectivity index (χ2v) is 4.15. The van der Waals surface area contributed by atoms with Crippen molar-refractivity contribution in [3.63, 3.8) is 0 Å². The summed E-state index contributed by atoms with van der Waals surface area (Å²) in [7, 11) is 0. The number of rotatable bonds is 5. The summed E-state index contributed by atoms with van der Waals surface area (Å²) >= 11 is 0. The molecular formula is C13H11F2NO3. The molecule has 0 saturated carbocycles. The summed E-state index contributed by atoms with van der Waals surface area (Å²) < 4.78 is 39.0. The number of epoxide rings is 1. The second kappa shape index (κ2) is 4.97. The number of nitrogens with zero attached hydrogens (tertiary/aromatic N) is 1. The molecule has 1 fully saturated rings. The molecule has 3 rings (SSSR count). The number of fused-ring (bicyclic) bond motifs is 1. The first-order valence-corrected chi connectivity index (χ1v) is 5.81. The minimum Gasteiger partial charge on any atom is -0.491 e. The lowest BCUT2D eigenvalue weighted by atomic mass is 10.2. The van der Waals surface area contributed by atoms with E-state index in [1.807, 2.05) is 6.07 Å². The molecule has 19 heavy (non-hydrogen) atoms. The third kappa shape index (κ3) is 3.08. The Morgan fingerprint density at radius 2 is 2.11 bits per heavy atom. The van der Waals surface area contributed by atoms with Crippen LogP contribution in [0.25, 0.3) is 10.9 Å². The van der Waals surface area contributed by atoms with Crippen LogP contribution >= 0.6 is 0 Å². The average molecular weight is 267 g/mol. The number of hydrogen-bond acceptors (Lipinski definition) is 4. The molecule has 1 saturated heterocycles. The Morgan fingerprint density at radius 1 is 1.32 bits per heavy atom. The maximum Gasteiger partial charge on any atom is 0.388 e. The van der Waals surface area contributed by atoms with Crippen molar-refractivity contribution in [1.29, 1.82) is 0 Å². The molecule has 1 aromatic heterocycles. The smallest absolute Gasteiger partial charge is 0.388 e. The summed E-state index contributed by atoms with van der Waals surface area (Å²) in [5, 5.41) is 0.830. The van der Waals surface area contributed by atoms with E-state index in [2.05, 4.69) is 9.72 Å². The maximum absolute atomic E-state index is 12.1. The minimum atomic E-state index is -2.88. The quantitative estimate of drug-likeness (QED) is 0.781. The summed E-state index contributed by atoms with van der Waals surface area (Å²) in [6.07, 6.45) is 0.164. The molecule has 0 radical (unpaired) electrons. The minimum absolute atomic E-state index is 0.106. The second-order valence-electron chi connectivity index (χ2n) is 4.15. The first-order chi connectivity index (χ1) is 9.20. The van der Waals surface area contributed by atoms with E-state index in [9.17, 15) is 8.78 Å². The SMILES string of the molecule is FC(F)Oc1ccc2ccc(OCC3CO3)cc2n1. The topological polar surface area (TPSA) is 43.9 Å². The highest BCUT2D eigenvalue weighted by atomic mass is 19.3. The number of hydrogen-bond donors (Lipinski definition) is 0. The standard InChI is InChI=1S/C13H11F2NO3/c14-13(15)19-12-4-2-8-1-3-9(5-11(8)16-12)17-6-10-7-18-10/h1-5,10,13H,6-7H2. The summed E-state index contributed by atoms with van der Waals surface area (Å²) in [4.78, 5) is 4.01. The van der Waals surface area contributed by atoms with E-state index in [0.29, 0.717) is 17.9 Å². The molecule has 1 aromatic carbocycles. The average Bonchev–Trinajstić information content (AvgIpc) is 3.19. The van der Waals surface area contributed by atoms with Crippen LogP contribution in [0.5, 0.6) is 11.6 Å². The van der Waals surface area contributed by atoms with Gasteiger partial charge in [0.05, 0.1) is 12.1 Å². The van der Waals surface area contributed by atoms with E-state index in [1.165, 1.54) is 6.07 Å². The molecular weight excluding hydrogens is 256 g/mol. The van der Waals surface area contributed by atoms with Crippen LogP contribution in [0, 0.1) is 0 Å². The maximum atomic E-state index is 12.1. The molecule has 2 heterocycles. The Morgan fingerprint density at radius 3 is 2.84 bits per heavy atom. The normalized spacial score (nSPS) is 17.7. The van der Waals surface area contributed by atoms with Crippen molar-refractivity contribution in [2.45, 2.75) is 12.7 Å². The lowest BCUT2D eigenvalue weighted by Crippen LogP contribution is -2.04. The predicted molar refractivity (Wildman–Crippen MR) is 63.6 cm³/mol. The van der Waals surface area contributed by atoms with Crippen LogP contribution < -0.4 is 9.47 Å². The molecule has 1 atom stereocenters. The van der Waals surface area contributed by atoms with Gasteiger partial charge in [0.25, 0.3) is 0 Å². The van der Waals surface area contributed by atoms with E-state index in [4.69, 9.17) is 9.47 Å². The van der Waals surface area contributed by atoms with Crippen LogP contribution in [-0.2, 0) is 4.74 Å². The van der Waals surface area contributed by atoms with Crippen molar-refractivity contribution in [2.24, 2.45) is 0 Å². The Bertz CT molecular complexity index is 587. The van der Waals surface area contributed by atoms with E-state index in [1.54, 1.807) is 18.2 Å². The van der Waals surface area contributed by atoms with Gasteiger partial charge >= 0.3 is 6.61 Å². The Hall–Kier alpha value is -1.95. The van der Waals surface area contributed by atoms with Crippen molar-refractivity contribution >= 4 is 10.9 Å². The lowest BCUT2D eigenvalue weighted by Gasteiger charge is -2.07. The Balaban J connectivity index is 1.81. The van der Waals surface area contributed by atoms with Crippen molar-refractivity contribution in [2.75, 3.05) is 13.2 Å². The third-order valence-electron chi connectivity index (χ3n) is 2.69. The van der Waals surface area contributed by atoms with Crippen molar-refractivity contribution < 1.29 is 23.0 Å². The zero-order valence-electron chi connectivity index (χ0n) is 9.88. The molecule has 1 aliphatic rings. The Kier molecular flexibility index (Phi) is 3.16. The highest BCUT2D eigenvalue weighted by Gasteiger charge is 2.23. The molecule has 0 spiro atoms. The number of benzene rings is 1. The highest BCUT2D eigenvalue weighted by Crippen LogP contribution is 2.23. The van der Waals surface area contributed by atoms with Gasteiger partial charge in [0.2, 0.25) is 5.88 Å². The lowest BCUT2D eigenvalue weighted by molar-refractivity contribution is -0.0526. The predicted octanol–water partition coefficient (Wildman–Crippen LogP) is 2.61. The van der Waals surface area contributed by atoms with E-state index < -0.39 is 6.61 Å². The van der Waals surface area contributed by atoms with Crippen LogP contribution in [-0.4, -0.2) is 30.9 Å². The molecule has 2 aromatic rings.